The predicted octanol–water partition coefficient (Wildman–Crippen LogP) is 4.25. The van der Waals surface area contributed by atoms with Gasteiger partial charge in [0, 0.05) is 23.6 Å². The zero-order chi connectivity index (χ0) is 19.2. The summed E-state index contributed by atoms with van der Waals surface area (Å²) in [5.41, 5.74) is 1.73. The molecule has 0 saturated carbocycles. The molecule has 3 rings (SSSR count). The number of nitrogens with one attached hydrogen (secondary N) is 2. The van der Waals surface area contributed by atoms with E-state index >= 15 is 0 Å². The number of anilines is 2. The lowest BCUT2D eigenvalue weighted by atomic mass is 10.2. The lowest BCUT2D eigenvalue weighted by Gasteiger charge is -2.13. The van der Waals surface area contributed by atoms with Crippen molar-refractivity contribution >= 4 is 34.8 Å². The quantitative estimate of drug-likeness (QED) is 0.692. The van der Waals surface area contributed by atoms with Crippen LogP contribution in [0.3, 0.4) is 0 Å². The van der Waals surface area contributed by atoms with Gasteiger partial charge in [0.05, 0.1) is 23.4 Å². The van der Waals surface area contributed by atoms with Crippen LogP contribution in [0.4, 0.5) is 11.4 Å². The van der Waals surface area contributed by atoms with E-state index in [0.29, 0.717) is 28.3 Å². The standard InChI is InChI=1S/C20H16ClN3O3/c1-27-18-8-7-14(23-20(26)15-9-10-22-12-16(15)21)11-17(18)24-19(25)13-5-3-2-4-6-13/h2-12H,1H3,(H,23,26)(H,24,25). The van der Waals surface area contributed by atoms with Gasteiger partial charge in [0.1, 0.15) is 5.75 Å². The van der Waals surface area contributed by atoms with Crippen LogP contribution in [0.15, 0.2) is 67.0 Å². The van der Waals surface area contributed by atoms with Gasteiger partial charge in [-0.1, -0.05) is 29.8 Å². The smallest absolute Gasteiger partial charge is 0.257 e. The molecule has 0 aliphatic rings. The SMILES string of the molecule is COc1ccc(NC(=O)c2ccncc2Cl)cc1NC(=O)c1ccccc1. The van der Waals surface area contributed by atoms with E-state index in [2.05, 4.69) is 15.6 Å². The van der Waals surface area contributed by atoms with Gasteiger partial charge in [-0.15, -0.1) is 0 Å². The molecule has 1 aromatic heterocycles. The number of rotatable bonds is 5. The third kappa shape index (κ3) is 4.43. The zero-order valence-electron chi connectivity index (χ0n) is 14.4. The number of amides is 2. The van der Waals surface area contributed by atoms with Crippen LogP contribution in [0.25, 0.3) is 0 Å². The molecule has 0 fully saturated rings. The highest BCUT2D eigenvalue weighted by Gasteiger charge is 2.14. The van der Waals surface area contributed by atoms with Crippen LogP contribution in [-0.2, 0) is 0 Å². The van der Waals surface area contributed by atoms with Gasteiger partial charge in [-0.2, -0.15) is 0 Å². The second-order valence-corrected chi connectivity index (χ2v) is 5.95. The Morgan fingerprint density at radius 2 is 1.78 bits per heavy atom. The Bertz CT molecular complexity index is 977. The molecule has 0 aliphatic heterocycles. The molecule has 2 aromatic carbocycles. The van der Waals surface area contributed by atoms with Crippen LogP contribution in [0.1, 0.15) is 20.7 Å². The summed E-state index contributed by atoms with van der Waals surface area (Å²) in [5.74, 6) is -0.193. The number of halogens is 1. The zero-order valence-corrected chi connectivity index (χ0v) is 15.2. The van der Waals surface area contributed by atoms with Crippen LogP contribution in [0, 0.1) is 0 Å². The fraction of sp³-hybridized carbons (Fsp3) is 0.0500. The lowest BCUT2D eigenvalue weighted by molar-refractivity contribution is 0.101. The number of nitrogens with zero attached hydrogens (tertiary/aromatic N) is 1. The summed E-state index contributed by atoms with van der Waals surface area (Å²) in [4.78, 5) is 28.7. The molecule has 0 spiro atoms. The highest BCUT2D eigenvalue weighted by molar-refractivity contribution is 6.34. The number of hydrogen-bond acceptors (Lipinski definition) is 4. The Hall–Kier alpha value is -3.38. The summed E-state index contributed by atoms with van der Waals surface area (Å²) >= 11 is 6.00. The first-order valence-corrected chi connectivity index (χ1v) is 8.41. The highest BCUT2D eigenvalue weighted by atomic mass is 35.5. The number of hydrogen-bond donors (Lipinski definition) is 2. The van der Waals surface area contributed by atoms with Gasteiger partial charge in [-0.05, 0) is 36.4 Å². The molecule has 3 aromatic rings. The van der Waals surface area contributed by atoms with Crippen LogP contribution in [0.5, 0.6) is 5.75 Å². The number of methoxy groups -OCH3 is 1. The first kappa shape index (κ1) is 18.4. The normalized spacial score (nSPS) is 10.1. The molecular formula is C20H16ClN3O3. The molecule has 0 saturated heterocycles. The van der Waals surface area contributed by atoms with Crippen molar-refractivity contribution in [3.05, 3.63) is 83.1 Å². The maximum absolute atomic E-state index is 12.4. The maximum Gasteiger partial charge on any atom is 0.257 e. The summed E-state index contributed by atoms with van der Waals surface area (Å²) in [5, 5.41) is 5.79. The summed E-state index contributed by atoms with van der Waals surface area (Å²) in [6.07, 6.45) is 2.89. The number of carbonyl (C=O) groups is 2. The number of pyridine rings is 1. The molecule has 136 valence electrons. The summed E-state index contributed by atoms with van der Waals surface area (Å²) in [7, 11) is 1.50. The van der Waals surface area contributed by atoms with Gasteiger partial charge in [0.25, 0.3) is 11.8 Å². The van der Waals surface area contributed by atoms with E-state index in [1.54, 1.807) is 42.5 Å². The van der Waals surface area contributed by atoms with Gasteiger partial charge in [0.2, 0.25) is 0 Å². The fourth-order valence-electron chi connectivity index (χ4n) is 2.43. The van der Waals surface area contributed by atoms with E-state index in [0.717, 1.165) is 0 Å². The first-order chi connectivity index (χ1) is 13.1. The second kappa shape index (κ2) is 8.33. The summed E-state index contributed by atoms with van der Waals surface area (Å²) in [6, 6.07) is 15.3. The molecular weight excluding hydrogens is 366 g/mol. The van der Waals surface area contributed by atoms with E-state index in [4.69, 9.17) is 16.3 Å². The molecule has 2 amide bonds. The molecule has 0 radical (unpaired) electrons. The number of aromatic nitrogens is 1. The van der Waals surface area contributed by atoms with Crippen molar-refractivity contribution in [2.75, 3.05) is 17.7 Å². The van der Waals surface area contributed by atoms with Crippen molar-refractivity contribution in [2.45, 2.75) is 0 Å². The van der Waals surface area contributed by atoms with E-state index in [9.17, 15) is 9.59 Å². The van der Waals surface area contributed by atoms with Crippen molar-refractivity contribution in [3.63, 3.8) is 0 Å². The first-order valence-electron chi connectivity index (χ1n) is 8.04. The van der Waals surface area contributed by atoms with Crippen LogP contribution in [0.2, 0.25) is 5.02 Å². The minimum Gasteiger partial charge on any atom is -0.495 e. The molecule has 2 N–H and O–H groups in total. The van der Waals surface area contributed by atoms with Gasteiger partial charge >= 0.3 is 0 Å². The Kier molecular flexibility index (Phi) is 5.68. The average molecular weight is 382 g/mol. The highest BCUT2D eigenvalue weighted by Crippen LogP contribution is 2.29. The Morgan fingerprint density at radius 1 is 1.00 bits per heavy atom. The van der Waals surface area contributed by atoms with Crippen molar-refractivity contribution in [1.82, 2.24) is 4.98 Å². The lowest BCUT2D eigenvalue weighted by Crippen LogP contribution is -2.15. The molecule has 0 bridgehead atoms. The van der Waals surface area contributed by atoms with Crippen molar-refractivity contribution < 1.29 is 14.3 Å². The molecule has 0 unspecified atom stereocenters. The van der Waals surface area contributed by atoms with E-state index < -0.39 is 0 Å². The maximum atomic E-state index is 12.4. The van der Waals surface area contributed by atoms with Gasteiger partial charge < -0.3 is 15.4 Å². The number of benzene rings is 2. The molecule has 6 nitrogen and oxygen atoms in total. The van der Waals surface area contributed by atoms with Crippen molar-refractivity contribution in [2.24, 2.45) is 0 Å². The molecule has 1 heterocycles. The van der Waals surface area contributed by atoms with Crippen molar-refractivity contribution in [3.8, 4) is 5.75 Å². The van der Waals surface area contributed by atoms with Crippen LogP contribution < -0.4 is 15.4 Å². The number of ether oxygens (including phenoxy) is 1. The van der Waals surface area contributed by atoms with Gasteiger partial charge in [-0.25, -0.2) is 0 Å². The van der Waals surface area contributed by atoms with Crippen molar-refractivity contribution in [1.29, 1.82) is 0 Å². The molecule has 0 atom stereocenters. The Morgan fingerprint density at radius 3 is 2.48 bits per heavy atom. The summed E-state index contributed by atoms with van der Waals surface area (Å²) in [6.45, 7) is 0. The van der Waals surface area contributed by atoms with E-state index in [-0.39, 0.29) is 16.8 Å². The van der Waals surface area contributed by atoms with Crippen LogP contribution >= 0.6 is 11.6 Å². The van der Waals surface area contributed by atoms with Gasteiger partial charge in [0.15, 0.2) is 0 Å². The monoisotopic (exact) mass is 381 g/mol. The second-order valence-electron chi connectivity index (χ2n) is 5.54. The summed E-state index contributed by atoms with van der Waals surface area (Å²) < 4.78 is 5.29. The fourth-order valence-corrected chi connectivity index (χ4v) is 2.63. The average Bonchev–Trinajstić information content (AvgIpc) is 2.69. The Labute approximate surface area is 161 Å². The molecule has 7 heteroatoms. The minimum atomic E-state index is -0.382. The van der Waals surface area contributed by atoms with Crippen LogP contribution in [-0.4, -0.2) is 23.9 Å². The predicted molar refractivity (Wildman–Crippen MR) is 105 cm³/mol. The molecule has 27 heavy (non-hydrogen) atoms. The number of carbonyl (C=O) groups excluding carboxylic acids is 2. The van der Waals surface area contributed by atoms with E-state index in [1.165, 1.54) is 25.6 Å². The Balaban J connectivity index is 1.82. The third-order valence-corrected chi connectivity index (χ3v) is 4.06. The van der Waals surface area contributed by atoms with E-state index in [1.807, 2.05) is 6.07 Å². The topological polar surface area (TPSA) is 80.3 Å². The third-order valence-electron chi connectivity index (χ3n) is 3.76. The molecule has 0 aliphatic carbocycles. The largest absolute Gasteiger partial charge is 0.495 e. The van der Waals surface area contributed by atoms with Gasteiger partial charge in [-0.3, -0.25) is 14.6 Å². The minimum absolute atomic E-state index is 0.251.